The fourth-order valence-corrected chi connectivity index (χ4v) is 5.21. The molecule has 0 spiro atoms. The highest BCUT2D eigenvalue weighted by molar-refractivity contribution is 9.09. The van der Waals surface area contributed by atoms with E-state index in [0.717, 1.165) is 16.7 Å². The van der Waals surface area contributed by atoms with Crippen LogP contribution < -0.4 is 0 Å². The fraction of sp³-hybridized carbons (Fsp3) is 0.294. The Morgan fingerprint density at radius 1 is 1.05 bits per heavy atom. The van der Waals surface area contributed by atoms with E-state index in [2.05, 4.69) is 15.9 Å². The Morgan fingerprint density at radius 3 is 2.29 bits per heavy atom. The molecule has 0 saturated heterocycles. The molecule has 2 rings (SSSR count). The van der Waals surface area contributed by atoms with Crippen molar-refractivity contribution in [2.45, 2.75) is 24.7 Å². The summed E-state index contributed by atoms with van der Waals surface area (Å²) in [5, 5.41) is 0.626. The SMILES string of the molecule is Cc1ccc(S(=O)(=O)CC(CBr)c2ccccc2)c(C)c1. The first-order valence-electron chi connectivity index (χ1n) is 6.85. The van der Waals surface area contributed by atoms with Crippen LogP contribution in [-0.4, -0.2) is 19.5 Å². The van der Waals surface area contributed by atoms with Gasteiger partial charge >= 0.3 is 0 Å². The highest BCUT2D eigenvalue weighted by Gasteiger charge is 2.23. The maximum absolute atomic E-state index is 12.7. The molecule has 0 aliphatic rings. The van der Waals surface area contributed by atoms with E-state index in [9.17, 15) is 8.42 Å². The largest absolute Gasteiger partial charge is 0.224 e. The third-order valence-electron chi connectivity index (χ3n) is 3.54. The molecule has 0 heterocycles. The van der Waals surface area contributed by atoms with Crippen LogP contribution in [0.15, 0.2) is 53.4 Å². The highest BCUT2D eigenvalue weighted by atomic mass is 79.9. The van der Waals surface area contributed by atoms with E-state index < -0.39 is 9.84 Å². The molecule has 0 fully saturated rings. The zero-order valence-electron chi connectivity index (χ0n) is 12.2. The van der Waals surface area contributed by atoms with Gasteiger partial charge in [-0.3, -0.25) is 0 Å². The minimum atomic E-state index is -3.30. The van der Waals surface area contributed by atoms with Gasteiger partial charge in [-0.25, -0.2) is 8.42 Å². The zero-order valence-corrected chi connectivity index (χ0v) is 14.6. The summed E-state index contributed by atoms with van der Waals surface area (Å²) >= 11 is 3.44. The first kappa shape index (κ1) is 16.2. The van der Waals surface area contributed by atoms with Crippen molar-refractivity contribution >= 4 is 25.8 Å². The Labute approximate surface area is 135 Å². The molecule has 0 aliphatic heterocycles. The van der Waals surface area contributed by atoms with Gasteiger partial charge in [-0.05, 0) is 31.0 Å². The predicted octanol–water partition coefficient (Wildman–Crippen LogP) is 4.26. The van der Waals surface area contributed by atoms with E-state index in [0.29, 0.717) is 10.2 Å². The molecule has 0 aromatic heterocycles. The van der Waals surface area contributed by atoms with Gasteiger partial charge in [0.1, 0.15) is 0 Å². The van der Waals surface area contributed by atoms with Crippen molar-refractivity contribution in [2.24, 2.45) is 0 Å². The van der Waals surface area contributed by atoms with Crippen molar-refractivity contribution in [3.63, 3.8) is 0 Å². The van der Waals surface area contributed by atoms with Crippen LogP contribution in [0.1, 0.15) is 22.6 Å². The van der Waals surface area contributed by atoms with Gasteiger partial charge in [-0.2, -0.15) is 0 Å². The Kier molecular flexibility index (Phi) is 5.22. The molecule has 1 atom stereocenters. The van der Waals surface area contributed by atoms with Gasteiger partial charge in [0.15, 0.2) is 9.84 Å². The van der Waals surface area contributed by atoms with Gasteiger partial charge in [0.05, 0.1) is 10.6 Å². The van der Waals surface area contributed by atoms with Crippen LogP contribution in [0.2, 0.25) is 0 Å². The molecule has 0 aliphatic carbocycles. The monoisotopic (exact) mass is 366 g/mol. The van der Waals surface area contributed by atoms with Crippen LogP contribution in [0.3, 0.4) is 0 Å². The van der Waals surface area contributed by atoms with E-state index in [-0.39, 0.29) is 11.7 Å². The molecule has 4 heteroatoms. The Hall–Kier alpha value is -1.13. The minimum Gasteiger partial charge on any atom is -0.224 e. The van der Waals surface area contributed by atoms with Crippen LogP contribution in [0, 0.1) is 13.8 Å². The second-order valence-corrected chi connectivity index (χ2v) is 7.96. The molecular weight excluding hydrogens is 348 g/mol. The number of alkyl halides is 1. The van der Waals surface area contributed by atoms with Crippen LogP contribution >= 0.6 is 15.9 Å². The third-order valence-corrected chi connectivity index (χ3v) is 6.29. The highest BCUT2D eigenvalue weighted by Crippen LogP contribution is 2.25. The molecule has 0 radical (unpaired) electrons. The van der Waals surface area contributed by atoms with Gasteiger partial charge in [0.2, 0.25) is 0 Å². The first-order chi connectivity index (χ1) is 9.94. The first-order valence-corrected chi connectivity index (χ1v) is 9.62. The van der Waals surface area contributed by atoms with Crippen molar-refractivity contribution in [1.29, 1.82) is 0 Å². The quantitative estimate of drug-likeness (QED) is 0.741. The van der Waals surface area contributed by atoms with Crippen molar-refractivity contribution < 1.29 is 8.42 Å². The lowest BCUT2D eigenvalue weighted by atomic mass is 10.0. The number of hydrogen-bond acceptors (Lipinski definition) is 2. The van der Waals surface area contributed by atoms with E-state index in [1.54, 1.807) is 6.07 Å². The molecule has 0 amide bonds. The van der Waals surface area contributed by atoms with Gasteiger partial charge in [-0.15, -0.1) is 0 Å². The summed E-state index contributed by atoms with van der Waals surface area (Å²) in [6, 6.07) is 15.3. The Morgan fingerprint density at radius 2 is 1.71 bits per heavy atom. The molecule has 2 aromatic carbocycles. The number of rotatable bonds is 5. The van der Waals surface area contributed by atoms with Crippen molar-refractivity contribution in [3.05, 3.63) is 65.2 Å². The Balaban J connectivity index is 2.32. The topological polar surface area (TPSA) is 34.1 Å². The second-order valence-electron chi connectivity index (χ2n) is 5.31. The summed E-state index contributed by atoms with van der Waals surface area (Å²) in [5.41, 5.74) is 2.94. The van der Waals surface area contributed by atoms with Gasteiger partial charge in [0, 0.05) is 11.2 Å². The van der Waals surface area contributed by atoms with Crippen LogP contribution in [0.25, 0.3) is 0 Å². The number of sulfone groups is 1. The van der Waals surface area contributed by atoms with Gasteiger partial charge in [-0.1, -0.05) is 64.0 Å². The molecule has 112 valence electrons. The molecule has 2 nitrogen and oxygen atoms in total. The fourth-order valence-electron chi connectivity index (χ4n) is 2.46. The average Bonchev–Trinajstić information content (AvgIpc) is 2.45. The van der Waals surface area contributed by atoms with E-state index >= 15 is 0 Å². The molecular formula is C17H19BrO2S. The summed E-state index contributed by atoms with van der Waals surface area (Å²) in [6.07, 6.45) is 0. The standard InChI is InChI=1S/C17H19BrO2S/c1-13-8-9-17(14(2)10-13)21(19,20)12-16(11-18)15-6-4-3-5-7-15/h3-10,16H,11-12H2,1-2H3. The number of benzene rings is 2. The maximum atomic E-state index is 12.7. The summed E-state index contributed by atoms with van der Waals surface area (Å²) in [6.45, 7) is 3.82. The lowest BCUT2D eigenvalue weighted by Gasteiger charge is -2.16. The normalized spacial score (nSPS) is 13.1. The predicted molar refractivity (Wildman–Crippen MR) is 90.9 cm³/mol. The van der Waals surface area contributed by atoms with Crippen molar-refractivity contribution in [2.75, 3.05) is 11.1 Å². The van der Waals surface area contributed by atoms with E-state index in [4.69, 9.17) is 0 Å². The third kappa shape index (κ3) is 3.95. The summed E-state index contributed by atoms with van der Waals surface area (Å²) < 4.78 is 25.4. The summed E-state index contributed by atoms with van der Waals surface area (Å²) in [4.78, 5) is 0.440. The molecule has 2 aromatic rings. The Bertz CT molecular complexity index is 709. The molecule has 0 N–H and O–H groups in total. The molecule has 0 bridgehead atoms. The molecule has 0 saturated carbocycles. The van der Waals surface area contributed by atoms with Gasteiger partial charge < -0.3 is 0 Å². The van der Waals surface area contributed by atoms with Crippen LogP contribution in [0.4, 0.5) is 0 Å². The van der Waals surface area contributed by atoms with Crippen molar-refractivity contribution in [1.82, 2.24) is 0 Å². The molecule has 21 heavy (non-hydrogen) atoms. The number of hydrogen-bond donors (Lipinski definition) is 0. The maximum Gasteiger partial charge on any atom is 0.179 e. The minimum absolute atomic E-state index is 0.0445. The lowest BCUT2D eigenvalue weighted by molar-refractivity contribution is 0.590. The van der Waals surface area contributed by atoms with Crippen molar-refractivity contribution in [3.8, 4) is 0 Å². The zero-order chi connectivity index (χ0) is 15.5. The lowest BCUT2D eigenvalue weighted by Crippen LogP contribution is -2.17. The average molecular weight is 367 g/mol. The smallest absolute Gasteiger partial charge is 0.179 e. The number of halogens is 1. The van der Waals surface area contributed by atoms with Crippen LogP contribution in [-0.2, 0) is 9.84 Å². The van der Waals surface area contributed by atoms with E-state index in [1.807, 2.05) is 56.3 Å². The second kappa shape index (κ2) is 6.75. The van der Waals surface area contributed by atoms with E-state index in [1.165, 1.54) is 0 Å². The van der Waals surface area contributed by atoms with Gasteiger partial charge in [0.25, 0.3) is 0 Å². The molecule has 1 unspecified atom stereocenters. The van der Waals surface area contributed by atoms with Crippen LogP contribution in [0.5, 0.6) is 0 Å². The summed E-state index contributed by atoms with van der Waals surface area (Å²) in [7, 11) is -3.30. The number of aryl methyl sites for hydroxylation is 2. The summed E-state index contributed by atoms with van der Waals surface area (Å²) in [5.74, 6) is 0.0727.